The number of nitrogens with zero attached hydrogens (tertiary/aromatic N) is 2. The van der Waals surface area contributed by atoms with E-state index in [-0.39, 0.29) is 24.0 Å². The minimum atomic E-state index is -3.05. The third-order valence-electron chi connectivity index (χ3n) is 5.05. The molecule has 7 nitrogen and oxygen atoms in total. The smallest absolute Gasteiger partial charge is 0.388 e. The Morgan fingerprint density at radius 1 is 1.33 bits per heavy atom. The molecule has 0 aliphatic carbocycles. The van der Waals surface area contributed by atoms with Crippen molar-refractivity contribution in [2.75, 3.05) is 13.1 Å². The van der Waals surface area contributed by atoms with Crippen molar-refractivity contribution in [3.8, 4) is 5.88 Å². The van der Waals surface area contributed by atoms with Crippen molar-refractivity contribution < 1.29 is 27.5 Å². The molecular weight excluding hydrogens is 425 g/mol. The topological polar surface area (TPSA) is 97.6 Å². The molecule has 1 aliphatic rings. The maximum absolute atomic E-state index is 13.8. The molecule has 11 heteroatoms. The van der Waals surface area contributed by atoms with E-state index in [0.717, 1.165) is 6.07 Å². The van der Waals surface area contributed by atoms with Gasteiger partial charge in [-0.2, -0.15) is 8.78 Å². The molecule has 1 saturated heterocycles. The number of hydrogen-bond donors (Lipinski definition) is 2. The summed E-state index contributed by atoms with van der Waals surface area (Å²) in [5.74, 6) is -2.37. The monoisotopic (exact) mass is 442 g/mol. The lowest BCUT2D eigenvalue weighted by molar-refractivity contribution is -0.134. The molecule has 2 atom stereocenters. The average molecular weight is 443 g/mol. The Morgan fingerprint density at radius 3 is 2.60 bits per heavy atom. The number of carbonyl (C=O) groups excluding carboxylic acids is 2. The van der Waals surface area contributed by atoms with E-state index < -0.39 is 35.8 Å². The van der Waals surface area contributed by atoms with Crippen molar-refractivity contribution in [1.82, 2.24) is 15.2 Å². The summed E-state index contributed by atoms with van der Waals surface area (Å²) in [7, 11) is 0. The highest BCUT2D eigenvalue weighted by Crippen LogP contribution is 2.41. The van der Waals surface area contributed by atoms with E-state index in [1.165, 1.54) is 42.3 Å². The Kier molecular flexibility index (Phi) is 6.06. The number of nitrogens with two attached hydrogens (primary N) is 1. The molecule has 1 unspecified atom stereocenters. The Bertz CT molecular complexity index is 961. The number of halogens is 4. The first kappa shape index (κ1) is 21.7. The molecule has 2 aromatic rings. The van der Waals surface area contributed by atoms with Crippen LogP contribution < -0.4 is 15.8 Å². The third kappa shape index (κ3) is 4.00. The number of nitrogens with one attached hydrogen (secondary N) is 1. The number of hydrogen-bond acceptors (Lipinski definition) is 4. The zero-order valence-electron chi connectivity index (χ0n) is 15.7. The fourth-order valence-corrected chi connectivity index (χ4v) is 3.89. The van der Waals surface area contributed by atoms with Gasteiger partial charge in [0.25, 0.3) is 0 Å². The van der Waals surface area contributed by atoms with Gasteiger partial charge in [-0.15, -0.1) is 0 Å². The number of amides is 3. The summed E-state index contributed by atoms with van der Waals surface area (Å²) >= 11 is 5.95. The average Bonchev–Trinajstić information content (AvgIpc) is 2.68. The van der Waals surface area contributed by atoms with E-state index in [9.17, 15) is 22.8 Å². The SMILES string of the molecule is CC1([C@@H](c2ccc(OC(F)F)nc2)c2ccc(F)c(Cl)c2)C(=O)NCCN1C(N)=O. The number of pyridine rings is 1. The second kappa shape index (κ2) is 8.39. The molecule has 1 fully saturated rings. The van der Waals surface area contributed by atoms with Gasteiger partial charge in [0, 0.05) is 31.3 Å². The summed E-state index contributed by atoms with van der Waals surface area (Å²) in [5.41, 5.74) is 4.78. The molecule has 3 N–H and O–H groups in total. The molecule has 0 spiro atoms. The summed E-state index contributed by atoms with van der Waals surface area (Å²) in [6, 6.07) is 5.69. The Labute approximate surface area is 175 Å². The van der Waals surface area contributed by atoms with Crippen LogP contribution in [0.1, 0.15) is 24.0 Å². The number of rotatable bonds is 5. The van der Waals surface area contributed by atoms with Crippen LogP contribution >= 0.6 is 11.6 Å². The quantitative estimate of drug-likeness (QED) is 0.744. The van der Waals surface area contributed by atoms with Crippen LogP contribution in [0.25, 0.3) is 0 Å². The van der Waals surface area contributed by atoms with Gasteiger partial charge in [0.05, 0.1) is 5.02 Å². The van der Waals surface area contributed by atoms with Gasteiger partial charge in [0.1, 0.15) is 11.4 Å². The van der Waals surface area contributed by atoms with Gasteiger partial charge in [0.2, 0.25) is 11.8 Å². The van der Waals surface area contributed by atoms with E-state index >= 15 is 0 Å². The number of alkyl halides is 2. The van der Waals surface area contributed by atoms with Gasteiger partial charge in [-0.3, -0.25) is 4.79 Å². The first-order valence-electron chi connectivity index (χ1n) is 8.85. The van der Waals surface area contributed by atoms with Crippen molar-refractivity contribution in [3.63, 3.8) is 0 Å². The normalized spacial score (nSPS) is 20.1. The van der Waals surface area contributed by atoms with Crippen molar-refractivity contribution >= 4 is 23.5 Å². The maximum atomic E-state index is 13.8. The molecule has 3 amide bonds. The Hall–Kier alpha value is -3.01. The molecule has 0 bridgehead atoms. The Balaban J connectivity index is 2.17. The summed E-state index contributed by atoms with van der Waals surface area (Å²) in [5, 5.41) is 2.51. The molecule has 2 heterocycles. The second-order valence-corrected chi connectivity index (χ2v) is 7.22. The van der Waals surface area contributed by atoms with Gasteiger partial charge >= 0.3 is 12.6 Å². The molecule has 160 valence electrons. The van der Waals surface area contributed by atoms with Crippen LogP contribution in [-0.4, -0.2) is 47.1 Å². The summed E-state index contributed by atoms with van der Waals surface area (Å²) in [6.07, 6.45) is 1.24. The van der Waals surface area contributed by atoms with E-state index in [0.29, 0.717) is 11.1 Å². The number of aromatic nitrogens is 1. The molecule has 1 aromatic carbocycles. The van der Waals surface area contributed by atoms with Gasteiger partial charge in [-0.05, 0) is 30.2 Å². The highest BCUT2D eigenvalue weighted by Gasteiger charge is 2.51. The fraction of sp³-hybridized carbons (Fsp3) is 0.316. The minimum absolute atomic E-state index is 0.142. The molecule has 1 aromatic heterocycles. The number of carbonyl (C=O) groups is 2. The van der Waals surface area contributed by atoms with Crippen LogP contribution in [0.5, 0.6) is 5.88 Å². The predicted molar refractivity (Wildman–Crippen MR) is 102 cm³/mol. The highest BCUT2D eigenvalue weighted by molar-refractivity contribution is 6.30. The van der Waals surface area contributed by atoms with Gasteiger partial charge in [-0.25, -0.2) is 14.2 Å². The van der Waals surface area contributed by atoms with Gasteiger partial charge in [-0.1, -0.05) is 23.7 Å². The molecule has 1 aliphatic heterocycles. The summed E-state index contributed by atoms with van der Waals surface area (Å²) in [4.78, 5) is 30.2. The van der Waals surface area contributed by atoms with E-state index in [2.05, 4.69) is 15.0 Å². The fourth-order valence-electron chi connectivity index (χ4n) is 3.70. The van der Waals surface area contributed by atoms with E-state index in [1.807, 2.05) is 0 Å². The standard InChI is InChI=1S/C19H18ClF3N4O3/c1-19(16(28)25-6-7-27(19)18(24)29)15(10-2-4-13(21)12(20)8-10)11-3-5-14(26-9-11)30-17(22)23/h2-5,8-9,15,17H,6-7H2,1H3,(H2,24,29)(H,25,28)/t15-,19?/m1/s1. The first-order valence-corrected chi connectivity index (χ1v) is 9.23. The number of primary amides is 1. The Morgan fingerprint density at radius 2 is 2.03 bits per heavy atom. The van der Waals surface area contributed by atoms with Crippen molar-refractivity contribution in [2.24, 2.45) is 5.73 Å². The van der Waals surface area contributed by atoms with Crippen LogP contribution in [0.3, 0.4) is 0 Å². The van der Waals surface area contributed by atoms with Gasteiger partial charge < -0.3 is 20.7 Å². The van der Waals surface area contributed by atoms with Crippen LogP contribution in [0.4, 0.5) is 18.0 Å². The highest BCUT2D eigenvalue weighted by atomic mass is 35.5. The van der Waals surface area contributed by atoms with Crippen LogP contribution in [-0.2, 0) is 4.79 Å². The van der Waals surface area contributed by atoms with Crippen molar-refractivity contribution in [2.45, 2.75) is 25.0 Å². The largest absolute Gasteiger partial charge is 0.417 e. The molecule has 3 rings (SSSR count). The number of benzene rings is 1. The molecular formula is C19H18ClF3N4O3. The summed E-state index contributed by atoms with van der Waals surface area (Å²) in [6.45, 7) is -1.20. The summed E-state index contributed by atoms with van der Waals surface area (Å²) < 4.78 is 42.9. The number of ether oxygens (including phenoxy) is 1. The van der Waals surface area contributed by atoms with E-state index in [4.69, 9.17) is 17.3 Å². The third-order valence-corrected chi connectivity index (χ3v) is 5.34. The lowest BCUT2D eigenvalue weighted by Gasteiger charge is -2.47. The van der Waals surface area contributed by atoms with Gasteiger partial charge in [0.15, 0.2) is 0 Å². The molecule has 0 saturated carbocycles. The number of urea groups is 1. The zero-order chi connectivity index (χ0) is 22.1. The van der Waals surface area contributed by atoms with Crippen molar-refractivity contribution in [3.05, 3.63) is 58.5 Å². The maximum Gasteiger partial charge on any atom is 0.388 e. The van der Waals surface area contributed by atoms with E-state index in [1.54, 1.807) is 0 Å². The minimum Gasteiger partial charge on any atom is -0.417 e. The zero-order valence-corrected chi connectivity index (χ0v) is 16.5. The van der Waals surface area contributed by atoms with Crippen LogP contribution in [0, 0.1) is 5.82 Å². The second-order valence-electron chi connectivity index (χ2n) is 6.81. The molecule has 0 radical (unpaired) electrons. The lowest BCUT2D eigenvalue weighted by Crippen LogP contribution is -2.68. The molecule has 30 heavy (non-hydrogen) atoms. The first-order chi connectivity index (χ1) is 14.1. The van der Waals surface area contributed by atoms with Crippen molar-refractivity contribution in [1.29, 1.82) is 0 Å². The predicted octanol–water partition coefficient (Wildman–Crippen LogP) is 2.88. The lowest BCUT2D eigenvalue weighted by atomic mass is 9.74. The van der Waals surface area contributed by atoms with Crippen LogP contribution in [0.15, 0.2) is 36.5 Å². The number of piperazine rings is 1. The van der Waals surface area contributed by atoms with Crippen LogP contribution in [0.2, 0.25) is 5.02 Å².